The smallest absolute Gasteiger partial charge is 0.269 e. The molecule has 0 unspecified atom stereocenters. The number of hydrogen-bond acceptors (Lipinski definition) is 3. The van der Waals surface area contributed by atoms with E-state index in [0.717, 1.165) is 32.1 Å². The van der Waals surface area contributed by atoms with E-state index in [1.807, 2.05) is 6.92 Å². The van der Waals surface area contributed by atoms with Gasteiger partial charge in [0.15, 0.2) is 0 Å². The number of rotatable bonds is 9. The minimum atomic E-state index is -0.386. The lowest BCUT2D eigenvalue weighted by Crippen LogP contribution is -2.41. The molecule has 1 aromatic carbocycles. The summed E-state index contributed by atoms with van der Waals surface area (Å²) in [4.78, 5) is 35.1. The standard InChI is InChI=1S/C18H27N3O3/c1-3-5-6-7-9-17(23)20-21-18(24)14-10-12-15(13-11-14)19-16(22)8-4-2/h10-13H,3-9H2,1-2H3,(H,19,22)(H,20,23)(H,21,24). The highest BCUT2D eigenvalue weighted by Gasteiger charge is 2.08. The second kappa shape index (κ2) is 11.2. The van der Waals surface area contributed by atoms with Gasteiger partial charge in [-0.2, -0.15) is 0 Å². The van der Waals surface area contributed by atoms with Crippen LogP contribution in [0.3, 0.4) is 0 Å². The van der Waals surface area contributed by atoms with Crippen molar-refractivity contribution in [3.05, 3.63) is 29.8 Å². The molecule has 6 nitrogen and oxygen atoms in total. The quantitative estimate of drug-likeness (QED) is 0.479. The molecule has 24 heavy (non-hydrogen) atoms. The molecule has 0 aliphatic heterocycles. The molecular weight excluding hydrogens is 306 g/mol. The predicted molar refractivity (Wildman–Crippen MR) is 94.3 cm³/mol. The van der Waals surface area contributed by atoms with Crippen LogP contribution in [0, 0.1) is 0 Å². The van der Waals surface area contributed by atoms with Gasteiger partial charge < -0.3 is 5.32 Å². The van der Waals surface area contributed by atoms with Crippen molar-refractivity contribution in [1.82, 2.24) is 10.9 Å². The fourth-order valence-corrected chi connectivity index (χ4v) is 2.13. The first kappa shape index (κ1) is 19.7. The summed E-state index contributed by atoms with van der Waals surface area (Å²) in [5.41, 5.74) is 5.86. The van der Waals surface area contributed by atoms with Gasteiger partial charge in [0.25, 0.3) is 5.91 Å². The van der Waals surface area contributed by atoms with Gasteiger partial charge in [-0.05, 0) is 37.1 Å². The van der Waals surface area contributed by atoms with Crippen molar-refractivity contribution in [2.24, 2.45) is 0 Å². The third kappa shape index (κ3) is 7.76. The molecule has 0 saturated heterocycles. The Labute approximate surface area is 143 Å². The van der Waals surface area contributed by atoms with E-state index in [2.05, 4.69) is 23.1 Å². The summed E-state index contributed by atoms with van der Waals surface area (Å²) in [5, 5.41) is 2.75. The van der Waals surface area contributed by atoms with E-state index < -0.39 is 0 Å². The molecular formula is C18H27N3O3. The molecule has 3 amide bonds. The highest BCUT2D eigenvalue weighted by molar-refractivity contribution is 5.96. The largest absolute Gasteiger partial charge is 0.326 e. The van der Waals surface area contributed by atoms with Crippen LogP contribution in [0.1, 0.15) is 69.2 Å². The Balaban J connectivity index is 2.37. The molecule has 0 aliphatic rings. The lowest BCUT2D eigenvalue weighted by Gasteiger charge is -2.08. The fraction of sp³-hybridized carbons (Fsp3) is 0.500. The maximum Gasteiger partial charge on any atom is 0.269 e. The number of amides is 3. The molecule has 1 rings (SSSR count). The molecule has 0 radical (unpaired) electrons. The van der Waals surface area contributed by atoms with Crippen molar-refractivity contribution in [1.29, 1.82) is 0 Å². The van der Waals surface area contributed by atoms with Gasteiger partial charge in [0.1, 0.15) is 0 Å². The Bertz CT molecular complexity index is 541. The summed E-state index contributed by atoms with van der Waals surface area (Å²) in [6.45, 7) is 4.05. The number of unbranched alkanes of at least 4 members (excludes halogenated alkanes) is 3. The summed E-state index contributed by atoms with van der Waals surface area (Å²) < 4.78 is 0. The van der Waals surface area contributed by atoms with Crippen LogP contribution in [-0.4, -0.2) is 17.7 Å². The molecule has 0 aliphatic carbocycles. The molecule has 0 atom stereocenters. The van der Waals surface area contributed by atoms with Crippen molar-refractivity contribution in [2.75, 3.05) is 5.32 Å². The van der Waals surface area contributed by atoms with Crippen LogP contribution in [0.2, 0.25) is 0 Å². The zero-order valence-corrected chi connectivity index (χ0v) is 14.5. The van der Waals surface area contributed by atoms with Gasteiger partial charge in [0.05, 0.1) is 0 Å². The van der Waals surface area contributed by atoms with Crippen LogP contribution < -0.4 is 16.2 Å². The average molecular weight is 333 g/mol. The summed E-state index contributed by atoms with van der Waals surface area (Å²) in [7, 11) is 0. The van der Waals surface area contributed by atoms with E-state index in [4.69, 9.17) is 0 Å². The van der Waals surface area contributed by atoms with Crippen LogP contribution in [0.25, 0.3) is 0 Å². The van der Waals surface area contributed by atoms with Gasteiger partial charge in [-0.15, -0.1) is 0 Å². The van der Waals surface area contributed by atoms with Gasteiger partial charge in [-0.25, -0.2) is 0 Å². The van der Waals surface area contributed by atoms with Crippen LogP contribution in [0.15, 0.2) is 24.3 Å². The van der Waals surface area contributed by atoms with Crippen molar-refractivity contribution < 1.29 is 14.4 Å². The summed E-state index contributed by atoms with van der Waals surface area (Å²) >= 11 is 0. The maximum atomic E-state index is 11.9. The lowest BCUT2D eigenvalue weighted by atomic mass is 10.1. The summed E-state index contributed by atoms with van der Waals surface area (Å²) in [6, 6.07) is 6.53. The second-order valence-electron chi connectivity index (χ2n) is 5.69. The van der Waals surface area contributed by atoms with E-state index in [-0.39, 0.29) is 17.7 Å². The van der Waals surface area contributed by atoms with Gasteiger partial charge in [-0.1, -0.05) is 33.1 Å². The molecule has 3 N–H and O–H groups in total. The van der Waals surface area contributed by atoms with Crippen LogP contribution >= 0.6 is 0 Å². The summed E-state index contributed by atoms with van der Waals surface area (Å²) in [6.07, 6.45) is 5.72. The molecule has 0 fully saturated rings. The number of hydrazine groups is 1. The minimum absolute atomic E-state index is 0.0509. The Kier molecular flexibility index (Phi) is 9.19. The number of hydrogen-bond donors (Lipinski definition) is 3. The van der Waals surface area contributed by atoms with E-state index in [1.54, 1.807) is 24.3 Å². The first-order chi connectivity index (χ1) is 11.6. The van der Waals surface area contributed by atoms with Gasteiger partial charge in [0.2, 0.25) is 11.8 Å². The second-order valence-corrected chi connectivity index (χ2v) is 5.69. The molecule has 6 heteroatoms. The Morgan fingerprint density at radius 1 is 0.792 bits per heavy atom. The van der Waals surface area contributed by atoms with Gasteiger partial charge in [0, 0.05) is 24.1 Å². The average Bonchev–Trinajstić information content (AvgIpc) is 2.57. The van der Waals surface area contributed by atoms with Crippen LogP contribution in [0.4, 0.5) is 5.69 Å². The van der Waals surface area contributed by atoms with Gasteiger partial charge >= 0.3 is 0 Å². The van der Waals surface area contributed by atoms with Gasteiger partial charge in [-0.3, -0.25) is 25.2 Å². The predicted octanol–water partition coefficient (Wildman–Crippen LogP) is 3.16. The first-order valence-electron chi connectivity index (χ1n) is 8.56. The van der Waals surface area contributed by atoms with Crippen LogP contribution in [-0.2, 0) is 9.59 Å². The fourth-order valence-electron chi connectivity index (χ4n) is 2.13. The molecule has 0 aromatic heterocycles. The number of anilines is 1. The molecule has 132 valence electrons. The third-order valence-corrected chi connectivity index (χ3v) is 3.48. The molecule has 0 bridgehead atoms. The topological polar surface area (TPSA) is 87.3 Å². The van der Waals surface area contributed by atoms with E-state index in [1.165, 1.54) is 0 Å². The minimum Gasteiger partial charge on any atom is -0.326 e. The van der Waals surface area contributed by atoms with E-state index in [9.17, 15) is 14.4 Å². The van der Waals surface area contributed by atoms with Crippen molar-refractivity contribution in [3.8, 4) is 0 Å². The number of benzene rings is 1. The normalized spacial score (nSPS) is 10.1. The summed E-state index contributed by atoms with van der Waals surface area (Å²) in [5.74, 6) is -0.628. The molecule has 0 spiro atoms. The molecule has 0 saturated carbocycles. The first-order valence-corrected chi connectivity index (χ1v) is 8.56. The third-order valence-electron chi connectivity index (χ3n) is 3.48. The Morgan fingerprint density at radius 3 is 2.12 bits per heavy atom. The van der Waals surface area contributed by atoms with E-state index in [0.29, 0.717) is 24.1 Å². The lowest BCUT2D eigenvalue weighted by molar-refractivity contribution is -0.122. The van der Waals surface area contributed by atoms with Crippen LogP contribution in [0.5, 0.6) is 0 Å². The molecule has 0 heterocycles. The zero-order chi connectivity index (χ0) is 17.8. The van der Waals surface area contributed by atoms with Crippen molar-refractivity contribution >= 4 is 23.4 Å². The Hall–Kier alpha value is -2.37. The molecule has 1 aromatic rings. The Morgan fingerprint density at radius 2 is 1.50 bits per heavy atom. The monoisotopic (exact) mass is 333 g/mol. The maximum absolute atomic E-state index is 11.9. The number of nitrogens with one attached hydrogen (secondary N) is 3. The van der Waals surface area contributed by atoms with Crippen molar-refractivity contribution in [3.63, 3.8) is 0 Å². The highest BCUT2D eigenvalue weighted by atomic mass is 16.2. The van der Waals surface area contributed by atoms with E-state index >= 15 is 0 Å². The van der Waals surface area contributed by atoms with Crippen molar-refractivity contribution in [2.45, 2.75) is 58.8 Å². The SMILES string of the molecule is CCCCCCC(=O)NNC(=O)c1ccc(NC(=O)CCC)cc1. The zero-order valence-electron chi connectivity index (χ0n) is 14.5. The number of carbonyl (C=O) groups excluding carboxylic acids is 3. The highest BCUT2D eigenvalue weighted by Crippen LogP contribution is 2.10. The number of carbonyl (C=O) groups is 3.